The maximum Gasteiger partial charge on any atom is 0.228 e. The SMILES string of the molecule is Cc1ccccc1S(=O)(=O)c1nc2[nH]ccc2n2c([C@H]3C[C@@H](N)C3(C)C)nnc12. The van der Waals surface area contributed by atoms with Gasteiger partial charge in [-0.3, -0.25) is 4.40 Å². The highest BCUT2D eigenvalue weighted by Crippen LogP contribution is 2.51. The van der Waals surface area contributed by atoms with Gasteiger partial charge in [0.1, 0.15) is 5.82 Å². The molecule has 5 rings (SSSR count). The van der Waals surface area contributed by atoms with Crippen LogP contribution in [0.1, 0.15) is 37.6 Å². The number of fused-ring (bicyclic) bond motifs is 3. The van der Waals surface area contributed by atoms with Crippen LogP contribution in [0, 0.1) is 12.3 Å². The van der Waals surface area contributed by atoms with Gasteiger partial charge in [-0.2, -0.15) is 0 Å². The van der Waals surface area contributed by atoms with E-state index in [1.54, 1.807) is 31.3 Å². The van der Waals surface area contributed by atoms with Gasteiger partial charge in [-0.25, -0.2) is 13.4 Å². The van der Waals surface area contributed by atoms with Crippen molar-refractivity contribution in [2.75, 3.05) is 0 Å². The van der Waals surface area contributed by atoms with Gasteiger partial charge in [-0.05, 0) is 36.5 Å². The Balaban J connectivity index is 1.81. The molecule has 3 N–H and O–H groups in total. The highest BCUT2D eigenvalue weighted by Gasteiger charge is 2.49. The molecule has 0 unspecified atom stereocenters. The number of hydrogen-bond acceptors (Lipinski definition) is 6. The Kier molecular flexibility index (Phi) is 3.69. The lowest BCUT2D eigenvalue weighted by Crippen LogP contribution is -2.53. The molecule has 0 spiro atoms. The van der Waals surface area contributed by atoms with Crippen LogP contribution in [0.15, 0.2) is 46.5 Å². The second kappa shape index (κ2) is 5.87. The van der Waals surface area contributed by atoms with Gasteiger partial charge < -0.3 is 10.7 Å². The van der Waals surface area contributed by atoms with Crippen LogP contribution in [0.25, 0.3) is 16.8 Å². The molecule has 0 saturated heterocycles. The van der Waals surface area contributed by atoms with Crippen LogP contribution in [-0.2, 0) is 9.84 Å². The molecule has 3 heterocycles. The second-order valence-corrected chi connectivity index (χ2v) is 10.2. The number of nitrogens with one attached hydrogen (secondary N) is 1. The predicted molar refractivity (Wildman–Crippen MR) is 108 cm³/mol. The van der Waals surface area contributed by atoms with Crippen molar-refractivity contribution < 1.29 is 8.42 Å². The Bertz CT molecular complexity index is 1370. The number of sulfone groups is 1. The third kappa shape index (κ3) is 2.40. The van der Waals surface area contributed by atoms with Crippen LogP contribution >= 0.6 is 0 Å². The molecule has 1 aliphatic rings. The van der Waals surface area contributed by atoms with Crippen LogP contribution < -0.4 is 5.73 Å². The predicted octanol–water partition coefficient (Wildman–Crippen LogP) is 2.59. The summed E-state index contributed by atoms with van der Waals surface area (Å²) in [5.41, 5.74) is 8.19. The lowest BCUT2D eigenvalue weighted by molar-refractivity contribution is 0.0916. The van der Waals surface area contributed by atoms with Gasteiger partial charge in [0.25, 0.3) is 0 Å². The smallest absolute Gasteiger partial charge is 0.228 e. The molecule has 4 aromatic rings. The molecule has 3 aromatic heterocycles. The van der Waals surface area contributed by atoms with Crippen molar-refractivity contribution in [2.45, 2.75) is 49.1 Å². The molecule has 0 amide bonds. The quantitative estimate of drug-likeness (QED) is 0.536. The molecule has 1 aliphatic carbocycles. The number of hydrogen-bond donors (Lipinski definition) is 2. The van der Waals surface area contributed by atoms with Gasteiger partial charge in [0.15, 0.2) is 11.3 Å². The van der Waals surface area contributed by atoms with Crippen molar-refractivity contribution in [3.8, 4) is 0 Å². The molecular formula is C20H22N6O2S. The minimum atomic E-state index is -3.89. The van der Waals surface area contributed by atoms with Gasteiger partial charge in [-0.1, -0.05) is 32.0 Å². The first-order valence-corrected chi connectivity index (χ1v) is 11.0. The van der Waals surface area contributed by atoms with Crippen molar-refractivity contribution in [2.24, 2.45) is 11.1 Å². The number of aryl methyl sites for hydroxylation is 1. The first kappa shape index (κ1) is 18.3. The largest absolute Gasteiger partial charge is 0.345 e. The summed E-state index contributed by atoms with van der Waals surface area (Å²) in [4.78, 5) is 7.68. The van der Waals surface area contributed by atoms with Crippen molar-refractivity contribution in [3.63, 3.8) is 0 Å². The van der Waals surface area contributed by atoms with Crippen LogP contribution in [0.5, 0.6) is 0 Å². The molecule has 1 fully saturated rings. The normalized spacial score (nSPS) is 21.5. The van der Waals surface area contributed by atoms with Crippen LogP contribution in [0.2, 0.25) is 0 Å². The van der Waals surface area contributed by atoms with E-state index in [-0.39, 0.29) is 32.9 Å². The van der Waals surface area contributed by atoms with Gasteiger partial charge in [0, 0.05) is 18.2 Å². The Morgan fingerprint density at radius 2 is 1.97 bits per heavy atom. The lowest BCUT2D eigenvalue weighted by Gasteiger charge is -2.49. The number of nitrogens with two attached hydrogens (primary N) is 1. The molecule has 1 saturated carbocycles. The summed E-state index contributed by atoms with van der Waals surface area (Å²) >= 11 is 0. The number of benzene rings is 1. The third-order valence-corrected chi connectivity index (χ3v) is 8.15. The first-order valence-electron chi connectivity index (χ1n) is 9.51. The first-order chi connectivity index (χ1) is 13.7. The van der Waals surface area contributed by atoms with Crippen molar-refractivity contribution >= 4 is 26.6 Å². The van der Waals surface area contributed by atoms with E-state index in [2.05, 4.69) is 34.0 Å². The van der Waals surface area contributed by atoms with Gasteiger partial charge >= 0.3 is 0 Å². The number of rotatable bonds is 3. The summed E-state index contributed by atoms with van der Waals surface area (Å²) in [6.45, 7) is 5.98. The van der Waals surface area contributed by atoms with E-state index >= 15 is 0 Å². The summed E-state index contributed by atoms with van der Waals surface area (Å²) in [5, 5.41) is 8.59. The minimum Gasteiger partial charge on any atom is -0.345 e. The number of H-pyrrole nitrogens is 1. The van der Waals surface area contributed by atoms with Crippen molar-refractivity contribution in [1.82, 2.24) is 24.6 Å². The van der Waals surface area contributed by atoms with Crippen LogP contribution in [-0.4, -0.2) is 39.0 Å². The number of nitrogens with zero attached hydrogens (tertiary/aromatic N) is 4. The maximum absolute atomic E-state index is 13.5. The van der Waals surface area contributed by atoms with Crippen molar-refractivity contribution in [1.29, 1.82) is 0 Å². The molecule has 29 heavy (non-hydrogen) atoms. The Labute approximate surface area is 168 Å². The molecule has 1 aromatic carbocycles. The molecule has 2 atom stereocenters. The molecule has 8 nitrogen and oxygen atoms in total. The zero-order chi connectivity index (χ0) is 20.6. The van der Waals surface area contributed by atoms with Crippen LogP contribution in [0.3, 0.4) is 0 Å². The topological polar surface area (TPSA) is 119 Å². The highest BCUT2D eigenvalue weighted by molar-refractivity contribution is 7.91. The molecule has 0 aliphatic heterocycles. The molecule has 9 heteroatoms. The standard InChI is InChI=1S/C20H22N6O2S/c1-11-6-4-5-7-14(11)29(27,28)19-18-25-24-17(12-10-15(21)20(12,2)3)26(18)13-8-9-22-16(13)23-19/h4-9,12,15,22H,10,21H2,1-3H3/t12-,15-/m1/s1. The number of aromatic nitrogens is 5. The van der Waals surface area contributed by atoms with E-state index in [9.17, 15) is 8.42 Å². The zero-order valence-corrected chi connectivity index (χ0v) is 17.2. The Hall–Kier alpha value is -2.78. The van der Waals surface area contributed by atoms with E-state index in [4.69, 9.17) is 5.73 Å². The van der Waals surface area contributed by atoms with E-state index in [1.807, 2.05) is 16.5 Å². The van der Waals surface area contributed by atoms with Gasteiger partial charge in [0.2, 0.25) is 14.9 Å². The van der Waals surface area contributed by atoms with E-state index in [1.165, 1.54) is 0 Å². The Morgan fingerprint density at radius 3 is 2.66 bits per heavy atom. The molecule has 150 valence electrons. The number of aromatic amines is 1. The fourth-order valence-electron chi connectivity index (χ4n) is 4.21. The van der Waals surface area contributed by atoms with E-state index in [0.717, 1.165) is 17.8 Å². The lowest BCUT2D eigenvalue weighted by atomic mass is 9.58. The molecular weight excluding hydrogens is 388 g/mol. The van der Waals surface area contributed by atoms with Gasteiger partial charge in [0.05, 0.1) is 10.4 Å². The van der Waals surface area contributed by atoms with Gasteiger partial charge in [-0.15, -0.1) is 10.2 Å². The zero-order valence-electron chi connectivity index (χ0n) is 16.4. The summed E-state index contributed by atoms with van der Waals surface area (Å²) in [6.07, 6.45) is 2.52. The van der Waals surface area contributed by atoms with Crippen LogP contribution in [0.4, 0.5) is 0 Å². The summed E-state index contributed by atoms with van der Waals surface area (Å²) in [5.74, 6) is 0.807. The van der Waals surface area contributed by atoms with Crippen molar-refractivity contribution in [3.05, 3.63) is 47.9 Å². The van der Waals surface area contributed by atoms with E-state index in [0.29, 0.717) is 11.2 Å². The molecule has 0 radical (unpaired) electrons. The monoisotopic (exact) mass is 410 g/mol. The summed E-state index contributed by atoms with van der Waals surface area (Å²) in [6, 6.07) is 8.80. The summed E-state index contributed by atoms with van der Waals surface area (Å²) in [7, 11) is -3.89. The fraction of sp³-hybridized carbons (Fsp3) is 0.350. The van der Waals surface area contributed by atoms with E-state index < -0.39 is 9.84 Å². The maximum atomic E-state index is 13.5. The average molecular weight is 411 g/mol. The summed E-state index contributed by atoms with van der Waals surface area (Å²) < 4.78 is 28.8. The fourth-order valence-corrected chi connectivity index (χ4v) is 5.75. The third-order valence-electron chi connectivity index (χ3n) is 6.33. The second-order valence-electron chi connectivity index (χ2n) is 8.33. The average Bonchev–Trinajstić information content (AvgIpc) is 3.31. The molecule has 0 bridgehead atoms. The minimum absolute atomic E-state index is 0.0681. The highest BCUT2D eigenvalue weighted by atomic mass is 32.2. The Morgan fingerprint density at radius 1 is 1.21 bits per heavy atom.